The Hall–Kier alpha value is -0.0400. The maximum Gasteiger partial charge on any atom is 0.0836 e. The SMILES string of the molecule is CCCCCCC[CH]OCC(C)(C)C. The van der Waals surface area contributed by atoms with Crippen LogP contribution in [0.15, 0.2) is 0 Å². The number of hydrogen-bond acceptors (Lipinski definition) is 1. The molecule has 0 aliphatic carbocycles. The van der Waals surface area contributed by atoms with E-state index in [1.807, 2.05) is 6.61 Å². The van der Waals surface area contributed by atoms with Gasteiger partial charge in [-0.2, -0.15) is 0 Å². The van der Waals surface area contributed by atoms with Crippen molar-refractivity contribution in [2.75, 3.05) is 6.61 Å². The Morgan fingerprint density at radius 1 is 1.00 bits per heavy atom. The summed E-state index contributed by atoms with van der Waals surface area (Å²) in [4.78, 5) is 0. The van der Waals surface area contributed by atoms with Crippen LogP contribution in [0.25, 0.3) is 0 Å². The van der Waals surface area contributed by atoms with Gasteiger partial charge in [0.05, 0.1) is 13.2 Å². The van der Waals surface area contributed by atoms with Crippen LogP contribution < -0.4 is 0 Å². The van der Waals surface area contributed by atoms with Crippen LogP contribution in [0.5, 0.6) is 0 Å². The van der Waals surface area contributed by atoms with Gasteiger partial charge >= 0.3 is 0 Å². The summed E-state index contributed by atoms with van der Waals surface area (Å²) < 4.78 is 5.48. The summed E-state index contributed by atoms with van der Waals surface area (Å²) in [5.41, 5.74) is 0.290. The first kappa shape index (κ1) is 14.0. The highest BCUT2D eigenvalue weighted by Gasteiger charge is 2.09. The first-order chi connectivity index (χ1) is 6.56. The van der Waals surface area contributed by atoms with Crippen LogP contribution in [-0.4, -0.2) is 6.61 Å². The molecule has 1 radical (unpaired) electrons. The summed E-state index contributed by atoms with van der Waals surface area (Å²) in [5.74, 6) is 0. The van der Waals surface area contributed by atoms with Crippen LogP contribution in [0.2, 0.25) is 0 Å². The molecule has 1 nitrogen and oxygen atoms in total. The van der Waals surface area contributed by atoms with Crippen LogP contribution in [0, 0.1) is 12.0 Å². The maximum atomic E-state index is 5.48. The Kier molecular flexibility index (Phi) is 8.26. The molecule has 0 atom stereocenters. The molecule has 0 saturated carbocycles. The summed E-state index contributed by atoms with van der Waals surface area (Å²) >= 11 is 0. The number of ether oxygens (including phenoxy) is 1. The lowest BCUT2D eigenvalue weighted by Crippen LogP contribution is -2.13. The molecule has 1 heteroatoms. The van der Waals surface area contributed by atoms with Crippen molar-refractivity contribution in [2.45, 2.75) is 66.2 Å². The fourth-order valence-corrected chi connectivity index (χ4v) is 1.22. The predicted octanol–water partition coefficient (Wildman–Crippen LogP) is 4.57. The Morgan fingerprint density at radius 3 is 2.21 bits per heavy atom. The second-order valence-electron chi connectivity index (χ2n) is 5.24. The predicted molar refractivity (Wildman–Crippen MR) is 63.1 cm³/mol. The van der Waals surface area contributed by atoms with E-state index in [0.29, 0.717) is 5.41 Å². The lowest BCUT2D eigenvalue weighted by Gasteiger charge is -2.17. The van der Waals surface area contributed by atoms with E-state index in [0.717, 1.165) is 13.0 Å². The molecule has 0 aromatic rings. The summed E-state index contributed by atoms with van der Waals surface area (Å²) in [6.07, 6.45) is 7.82. The van der Waals surface area contributed by atoms with Gasteiger partial charge in [-0.05, 0) is 11.8 Å². The summed E-state index contributed by atoms with van der Waals surface area (Å²) in [6, 6.07) is 0. The molecule has 0 aliphatic heterocycles. The van der Waals surface area contributed by atoms with Gasteiger partial charge in [0.1, 0.15) is 0 Å². The lowest BCUT2D eigenvalue weighted by atomic mass is 9.99. The fourth-order valence-electron chi connectivity index (χ4n) is 1.22. The van der Waals surface area contributed by atoms with Crippen molar-refractivity contribution >= 4 is 0 Å². The number of unbranched alkanes of at least 4 members (excludes halogenated alkanes) is 5. The van der Waals surface area contributed by atoms with E-state index >= 15 is 0 Å². The second-order valence-corrected chi connectivity index (χ2v) is 5.24. The number of rotatable bonds is 8. The van der Waals surface area contributed by atoms with Crippen molar-refractivity contribution in [2.24, 2.45) is 5.41 Å². The topological polar surface area (TPSA) is 9.23 Å². The van der Waals surface area contributed by atoms with Crippen LogP contribution in [0.3, 0.4) is 0 Å². The zero-order chi connectivity index (χ0) is 10.9. The Balaban J connectivity index is 2.99. The Morgan fingerprint density at radius 2 is 1.64 bits per heavy atom. The molecular formula is C13H27O. The van der Waals surface area contributed by atoms with Gasteiger partial charge in [-0.3, -0.25) is 0 Å². The van der Waals surface area contributed by atoms with Crippen molar-refractivity contribution < 1.29 is 4.74 Å². The molecule has 0 spiro atoms. The van der Waals surface area contributed by atoms with Gasteiger partial charge in [0.25, 0.3) is 0 Å². The molecular weight excluding hydrogens is 172 g/mol. The van der Waals surface area contributed by atoms with Crippen molar-refractivity contribution in [3.63, 3.8) is 0 Å². The Labute approximate surface area is 90.2 Å². The van der Waals surface area contributed by atoms with Gasteiger partial charge < -0.3 is 4.74 Å². The minimum atomic E-state index is 0.290. The first-order valence-corrected chi connectivity index (χ1v) is 5.99. The maximum absolute atomic E-state index is 5.48. The van der Waals surface area contributed by atoms with Gasteiger partial charge in [0.15, 0.2) is 0 Å². The monoisotopic (exact) mass is 199 g/mol. The smallest absolute Gasteiger partial charge is 0.0836 e. The molecule has 0 unspecified atom stereocenters. The summed E-state index contributed by atoms with van der Waals surface area (Å²) in [6.45, 7) is 11.7. The molecule has 0 rings (SSSR count). The van der Waals surface area contributed by atoms with E-state index in [4.69, 9.17) is 4.74 Å². The number of hydrogen-bond donors (Lipinski definition) is 0. The van der Waals surface area contributed by atoms with Crippen LogP contribution in [0.1, 0.15) is 66.2 Å². The molecule has 14 heavy (non-hydrogen) atoms. The molecule has 0 N–H and O–H groups in total. The molecule has 0 aromatic heterocycles. The van der Waals surface area contributed by atoms with Crippen molar-refractivity contribution in [3.8, 4) is 0 Å². The van der Waals surface area contributed by atoms with Gasteiger partial charge in [-0.1, -0.05) is 59.8 Å². The third kappa shape index (κ3) is 12.0. The van der Waals surface area contributed by atoms with Gasteiger partial charge in [-0.25, -0.2) is 0 Å². The average Bonchev–Trinajstić information content (AvgIpc) is 2.08. The van der Waals surface area contributed by atoms with E-state index < -0.39 is 0 Å². The highest BCUT2D eigenvalue weighted by atomic mass is 16.5. The molecule has 0 amide bonds. The first-order valence-electron chi connectivity index (χ1n) is 5.99. The minimum absolute atomic E-state index is 0.290. The average molecular weight is 199 g/mol. The normalized spacial score (nSPS) is 12.0. The van der Waals surface area contributed by atoms with Gasteiger partial charge in [0.2, 0.25) is 0 Å². The van der Waals surface area contributed by atoms with Gasteiger partial charge in [0, 0.05) is 0 Å². The zero-order valence-corrected chi connectivity index (χ0v) is 10.4. The molecule has 0 aliphatic rings. The van der Waals surface area contributed by atoms with Crippen molar-refractivity contribution in [1.82, 2.24) is 0 Å². The third-order valence-corrected chi connectivity index (χ3v) is 2.06. The quantitative estimate of drug-likeness (QED) is 0.520. The second kappa shape index (κ2) is 8.28. The van der Waals surface area contributed by atoms with Crippen LogP contribution in [0.4, 0.5) is 0 Å². The molecule has 0 saturated heterocycles. The zero-order valence-electron chi connectivity index (χ0n) is 10.4. The van der Waals surface area contributed by atoms with Crippen LogP contribution in [-0.2, 0) is 4.74 Å². The van der Waals surface area contributed by atoms with E-state index in [9.17, 15) is 0 Å². The largest absolute Gasteiger partial charge is 0.375 e. The van der Waals surface area contributed by atoms with Crippen LogP contribution >= 0.6 is 0 Å². The van der Waals surface area contributed by atoms with E-state index in [-0.39, 0.29) is 0 Å². The summed E-state index contributed by atoms with van der Waals surface area (Å²) in [7, 11) is 0. The third-order valence-electron chi connectivity index (χ3n) is 2.06. The van der Waals surface area contributed by atoms with E-state index in [1.165, 1.54) is 32.1 Å². The van der Waals surface area contributed by atoms with Gasteiger partial charge in [-0.15, -0.1) is 0 Å². The fraction of sp³-hybridized carbons (Fsp3) is 0.923. The van der Waals surface area contributed by atoms with Crippen molar-refractivity contribution in [3.05, 3.63) is 6.61 Å². The highest BCUT2D eigenvalue weighted by Crippen LogP contribution is 2.14. The lowest BCUT2D eigenvalue weighted by molar-refractivity contribution is 0.113. The van der Waals surface area contributed by atoms with Crippen molar-refractivity contribution in [1.29, 1.82) is 0 Å². The Bertz CT molecular complexity index is 113. The van der Waals surface area contributed by atoms with E-state index in [1.54, 1.807) is 0 Å². The molecule has 85 valence electrons. The highest BCUT2D eigenvalue weighted by molar-refractivity contribution is 4.61. The minimum Gasteiger partial charge on any atom is -0.375 e. The molecule has 0 bridgehead atoms. The standard InChI is InChI=1S/C13H27O/c1-5-6-7-8-9-10-11-14-12-13(2,3)4/h11H,5-10,12H2,1-4H3. The molecule has 0 heterocycles. The molecule has 0 aromatic carbocycles. The molecule has 0 fully saturated rings. The van der Waals surface area contributed by atoms with E-state index in [2.05, 4.69) is 27.7 Å². The summed E-state index contributed by atoms with van der Waals surface area (Å²) in [5, 5.41) is 0.